The second-order valence-electron chi connectivity index (χ2n) is 6.23. The van der Waals surface area contributed by atoms with Crippen LogP contribution < -0.4 is 10.1 Å². The standard InChI is InChI=1S/C19H20ClN5O2/c1-13(2)27-16-6-3-14(4-7-16)9-10-21-19(26)17-11-15(20)5-8-18(17)25-12-22-23-24-25/h3-8,11-13H,9-10H2,1-2H3,(H,21,26). The van der Waals surface area contributed by atoms with Gasteiger partial charge in [0.05, 0.1) is 17.4 Å². The van der Waals surface area contributed by atoms with Crippen LogP contribution in [0.1, 0.15) is 29.8 Å². The lowest BCUT2D eigenvalue weighted by atomic mass is 10.1. The molecule has 0 saturated heterocycles. The van der Waals surface area contributed by atoms with Crippen LogP contribution in [0.3, 0.4) is 0 Å². The molecule has 1 amide bonds. The van der Waals surface area contributed by atoms with E-state index >= 15 is 0 Å². The number of carbonyl (C=O) groups excluding carboxylic acids is 1. The number of nitrogens with one attached hydrogen (secondary N) is 1. The molecular weight excluding hydrogens is 366 g/mol. The predicted octanol–water partition coefficient (Wildman–Crippen LogP) is 3.08. The number of amides is 1. The second-order valence-corrected chi connectivity index (χ2v) is 6.67. The molecule has 0 aliphatic rings. The summed E-state index contributed by atoms with van der Waals surface area (Å²) in [5.74, 6) is 0.602. The Morgan fingerprint density at radius 3 is 2.67 bits per heavy atom. The van der Waals surface area contributed by atoms with Gasteiger partial charge < -0.3 is 10.1 Å². The number of halogens is 1. The molecule has 27 heavy (non-hydrogen) atoms. The van der Waals surface area contributed by atoms with E-state index in [-0.39, 0.29) is 12.0 Å². The molecular formula is C19H20ClN5O2. The zero-order valence-corrected chi connectivity index (χ0v) is 15.8. The van der Waals surface area contributed by atoms with Crippen molar-refractivity contribution in [1.29, 1.82) is 0 Å². The molecule has 0 saturated carbocycles. The summed E-state index contributed by atoms with van der Waals surface area (Å²) < 4.78 is 7.06. The first-order valence-electron chi connectivity index (χ1n) is 8.59. The third-order valence-corrected chi connectivity index (χ3v) is 4.03. The van der Waals surface area contributed by atoms with Crippen LogP contribution in [0.25, 0.3) is 5.69 Å². The average Bonchev–Trinajstić information content (AvgIpc) is 3.17. The SMILES string of the molecule is CC(C)Oc1ccc(CCNC(=O)c2cc(Cl)ccc2-n2cnnn2)cc1. The first-order valence-corrected chi connectivity index (χ1v) is 8.97. The van der Waals surface area contributed by atoms with Gasteiger partial charge in [-0.15, -0.1) is 5.10 Å². The normalized spacial score (nSPS) is 10.8. The Labute approximate surface area is 162 Å². The molecule has 7 nitrogen and oxygen atoms in total. The number of aromatic nitrogens is 4. The topological polar surface area (TPSA) is 81.9 Å². The van der Waals surface area contributed by atoms with Gasteiger partial charge in [-0.2, -0.15) is 4.68 Å². The molecule has 2 aromatic carbocycles. The number of rotatable bonds is 7. The summed E-state index contributed by atoms with van der Waals surface area (Å²) in [4.78, 5) is 12.6. The van der Waals surface area contributed by atoms with Crippen LogP contribution in [0.2, 0.25) is 5.02 Å². The highest BCUT2D eigenvalue weighted by molar-refractivity contribution is 6.31. The average molecular weight is 386 g/mol. The van der Waals surface area contributed by atoms with Crippen LogP contribution in [0.4, 0.5) is 0 Å². The van der Waals surface area contributed by atoms with E-state index in [4.69, 9.17) is 16.3 Å². The van der Waals surface area contributed by atoms with E-state index in [1.165, 1.54) is 11.0 Å². The minimum Gasteiger partial charge on any atom is -0.491 e. The maximum absolute atomic E-state index is 12.6. The number of carbonyl (C=O) groups is 1. The highest BCUT2D eigenvalue weighted by atomic mass is 35.5. The van der Waals surface area contributed by atoms with Crippen molar-refractivity contribution >= 4 is 17.5 Å². The Balaban J connectivity index is 1.62. The summed E-state index contributed by atoms with van der Waals surface area (Å²) in [6.45, 7) is 4.47. The van der Waals surface area contributed by atoms with Gasteiger partial charge in [-0.3, -0.25) is 4.79 Å². The van der Waals surface area contributed by atoms with Crippen LogP contribution >= 0.6 is 11.6 Å². The molecule has 0 bridgehead atoms. The van der Waals surface area contributed by atoms with Gasteiger partial charge in [0.2, 0.25) is 0 Å². The molecule has 140 valence electrons. The number of benzene rings is 2. The fraction of sp³-hybridized carbons (Fsp3) is 0.263. The zero-order chi connectivity index (χ0) is 19.2. The molecule has 0 fully saturated rings. The minimum atomic E-state index is -0.234. The van der Waals surface area contributed by atoms with Crippen LogP contribution in [0, 0.1) is 0 Å². The third-order valence-electron chi connectivity index (χ3n) is 3.79. The van der Waals surface area contributed by atoms with Crippen molar-refractivity contribution in [1.82, 2.24) is 25.5 Å². The van der Waals surface area contributed by atoms with Gasteiger partial charge in [-0.25, -0.2) is 0 Å². The van der Waals surface area contributed by atoms with Crippen LogP contribution in [0.5, 0.6) is 5.75 Å². The monoisotopic (exact) mass is 385 g/mol. The van der Waals surface area contributed by atoms with Gasteiger partial charge in [0.15, 0.2) is 0 Å². The largest absolute Gasteiger partial charge is 0.491 e. The van der Waals surface area contributed by atoms with E-state index in [1.54, 1.807) is 18.2 Å². The molecule has 0 radical (unpaired) electrons. The Bertz CT molecular complexity index is 895. The molecule has 3 rings (SSSR count). The van der Waals surface area contributed by atoms with E-state index in [9.17, 15) is 4.79 Å². The third kappa shape index (κ3) is 5.04. The maximum Gasteiger partial charge on any atom is 0.253 e. The number of ether oxygens (including phenoxy) is 1. The van der Waals surface area contributed by atoms with E-state index in [0.29, 0.717) is 29.2 Å². The van der Waals surface area contributed by atoms with E-state index in [2.05, 4.69) is 20.8 Å². The smallest absolute Gasteiger partial charge is 0.253 e. The fourth-order valence-corrected chi connectivity index (χ4v) is 2.76. The molecule has 8 heteroatoms. The van der Waals surface area contributed by atoms with Crippen molar-refractivity contribution in [3.63, 3.8) is 0 Å². The Morgan fingerprint density at radius 2 is 2.00 bits per heavy atom. The highest BCUT2D eigenvalue weighted by Gasteiger charge is 2.14. The molecule has 1 aromatic heterocycles. The zero-order valence-electron chi connectivity index (χ0n) is 15.1. The lowest BCUT2D eigenvalue weighted by molar-refractivity contribution is 0.0954. The van der Waals surface area contributed by atoms with Gasteiger partial charge in [-0.1, -0.05) is 23.7 Å². The number of tetrazole rings is 1. The Hall–Kier alpha value is -2.93. The molecule has 1 heterocycles. The molecule has 0 aliphatic heterocycles. The van der Waals surface area contributed by atoms with Crippen LogP contribution in [0.15, 0.2) is 48.8 Å². The number of hydrogen-bond acceptors (Lipinski definition) is 5. The van der Waals surface area contributed by atoms with Crippen molar-refractivity contribution in [2.75, 3.05) is 6.54 Å². The van der Waals surface area contributed by atoms with E-state index in [1.807, 2.05) is 38.1 Å². The molecule has 0 aliphatic carbocycles. The van der Waals surface area contributed by atoms with Gasteiger partial charge >= 0.3 is 0 Å². The molecule has 1 N–H and O–H groups in total. The predicted molar refractivity (Wildman–Crippen MR) is 102 cm³/mol. The van der Waals surface area contributed by atoms with Crippen molar-refractivity contribution in [2.24, 2.45) is 0 Å². The van der Waals surface area contributed by atoms with E-state index < -0.39 is 0 Å². The highest BCUT2D eigenvalue weighted by Crippen LogP contribution is 2.19. The molecule has 0 atom stereocenters. The summed E-state index contributed by atoms with van der Waals surface area (Å²) >= 11 is 6.05. The molecule has 3 aromatic rings. The summed E-state index contributed by atoms with van der Waals surface area (Å²) in [5.41, 5.74) is 2.09. The molecule has 0 spiro atoms. The van der Waals surface area contributed by atoms with Gasteiger partial charge in [-0.05, 0) is 66.6 Å². The first-order chi connectivity index (χ1) is 13.0. The summed E-state index contributed by atoms with van der Waals surface area (Å²) in [7, 11) is 0. The van der Waals surface area contributed by atoms with Crippen LogP contribution in [-0.2, 0) is 6.42 Å². The van der Waals surface area contributed by atoms with Gasteiger partial charge in [0.25, 0.3) is 5.91 Å². The number of hydrogen-bond donors (Lipinski definition) is 1. The quantitative estimate of drug-likeness (QED) is 0.675. The summed E-state index contributed by atoms with van der Waals surface area (Å²) in [6.07, 6.45) is 2.28. The fourth-order valence-electron chi connectivity index (χ4n) is 2.58. The Kier molecular flexibility index (Phi) is 6.03. The number of nitrogens with zero attached hydrogens (tertiary/aromatic N) is 4. The summed E-state index contributed by atoms with van der Waals surface area (Å²) in [6, 6.07) is 12.9. The Morgan fingerprint density at radius 1 is 1.22 bits per heavy atom. The lowest BCUT2D eigenvalue weighted by Crippen LogP contribution is -2.27. The first kappa shape index (κ1) is 18.8. The van der Waals surface area contributed by atoms with Gasteiger partial charge in [0, 0.05) is 11.6 Å². The van der Waals surface area contributed by atoms with Crippen molar-refractivity contribution < 1.29 is 9.53 Å². The van der Waals surface area contributed by atoms with Crippen molar-refractivity contribution in [3.05, 3.63) is 64.9 Å². The summed E-state index contributed by atoms with van der Waals surface area (Å²) in [5, 5.41) is 14.4. The van der Waals surface area contributed by atoms with Gasteiger partial charge in [0.1, 0.15) is 12.1 Å². The van der Waals surface area contributed by atoms with Crippen LogP contribution in [-0.4, -0.2) is 38.8 Å². The van der Waals surface area contributed by atoms with Crippen molar-refractivity contribution in [2.45, 2.75) is 26.4 Å². The molecule has 0 unspecified atom stereocenters. The second kappa shape index (κ2) is 8.64. The maximum atomic E-state index is 12.6. The van der Waals surface area contributed by atoms with Crippen molar-refractivity contribution in [3.8, 4) is 11.4 Å². The van der Waals surface area contributed by atoms with E-state index in [0.717, 1.165) is 11.3 Å². The minimum absolute atomic E-state index is 0.141. The lowest BCUT2D eigenvalue weighted by Gasteiger charge is -2.11.